The Kier molecular flexibility index (Phi) is 4.91. The van der Waals surface area contributed by atoms with Crippen molar-refractivity contribution in [2.75, 3.05) is 20.1 Å². The molecule has 0 aliphatic rings. The third-order valence-corrected chi connectivity index (χ3v) is 3.16. The van der Waals surface area contributed by atoms with Gasteiger partial charge in [0.2, 0.25) is 5.91 Å². The molecule has 0 aliphatic heterocycles. The zero-order valence-electron chi connectivity index (χ0n) is 11.9. The lowest BCUT2D eigenvalue weighted by Gasteiger charge is -2.20. The molecule has 0 atom stereocenters. The second kappa shape index (κ2) is 6.01. The van der Waals surface area contributed by atoms with Crippen LogP contribution in [0, 0.1) is 0 Å². The molecule has 1 aromatic carbocycles. The minimum absolute atomic E-state index is 0.0127. The van der Waals surface area contributed by atoms with Crippen LogP contribution in [0.5, 0.6) is 0 Å². The van der Waals surface area contributed by atoms with E-state index in [2.05, 4.69) is 45.0 Å². The Labute approximate surface area is 110 Å². The molecule has 0 aromatic heterocycles. The number of carbonyl (C=O) groups excluding carboxylic acids is 1. The maximum absolute atomic E-state index is 11.3. The van der Waals surface area contributed by atoms with E-state index >= 15 is 0 Å². The molecule has 1 amide bonds. The van der Waals surface area contributed by atoms with Crippen LogP contribution in [0.4, 0.5) is 0 Å². The average molecular weight is 248 g/mol. The van der Waals surface area contributed by atoms with Crippen molar-refractivity contribution in [3.05, 3.63) is 35.4 Å². The molecule has 0 radical (unpaired) electrons. The summed E-state index contributed by atoms with van der Waals surface area (Å²) >= 11 is 0. The lowest BCUT2D eigenvalue weighted by molar-refractivity contribution is -0.128. The summed E-state index contributed by atoms with van der Waals surface area (Å²) in [6.45, 7) is 7.41. The van der Waals surface area contributed by atoms with Gasteiger partial charge in [-0.25, -0.2) is 0 Å². The van der Waals surface area contributed by atoms with E-state index in [1.807, 2.05) is 0 Å². The van der Waals surface area contributed by atoms with Crippen molar-refractivity contribution >= 4 is 5.91 Å². The summed E-state index contributed by atoms with van der Waals surface area (Å²) in [6, 6.07) is 8.61. The first-order valence-corrected chi connectivity index (χ1v) is 6.38. The highest BCUT2D eigenvalue weighted by Crippen LogP contribution is 2.22. The van der Waals surface area contributed by atoms with Crippen molar-refractivity contribution < 1.29 is 4.79 Å². The lowest BCUT2D eigenvalue weighted by atomic mass is 9.86. The van der Waals surface area contributed by atoms with Crippen LogP contribution in [0.3, 0.4) is 0 Å². The summed E-state index contributed by atoms with van der Waals surface area (Å²) in [5.41, 5.74) is 8.08. The molecule has 0 aliphatic carbocycles. The van der Waals surface area contributed by atoms with Gasteiger partial charge in [0.05, 0.1) is 6.54 Å². The SMILES string of the molecule is CN(CCc1ccc(C(C)(C)C)cc1)C(=O)CN. The molecular formula is C15H24N2O. The molecule has 0 heterocycles. The van der Waals surface area contributed by atoms with Crippen molar-refractivity contribution in [3.63, 3.8) is 0 Å². The fraction of sp³-hybridized carbons (Fsp3) is 0.533. The standard InChI is InChI=1S/C15H24N2O/c1-15(2,3)13-7-5-12(6-8-13)9-10-17(4)14(18)11-16/h5-8H,9-11,16H2,1-4H3. The largest absolute Gasteiger partial charge is 0.344 e. The number of benzene rings is 1. The van der Waals surface area contributed by atoms with Crippen LogP contribution < -0.4 is 5.73 Å². The van der Waals surface area contributed by atoms with E-state index in [0.717, 1.165) is 6.42 Å². The zero-order chi connectivity index (χ0) is 13.8. The third-order valence-electron chi connectivity index (χ3n) is 3.16. The van der Waals surface area contributed by atoms with E-state index in [4.69, 9.17) is 5.73 Å². The maximum Gasteiger partial charge on any atom is 0.236 e. The molecule has 0 fully saturated rings. The summed E-state index contributed by atoms with van der Waals surface area (Å²) in [7, 11) is 1.79. The fourth-order valence-electron chi connectivity index (χ4n) is 1.75. The smallest absolute Gasteiger partial charge is 0.236 e. The van der Waals surface area contributed by atoms with Gasteiger partial charge in [0.15, 0.2) is 0 Å². The number of rotatable bonds is 4. The van der Waals surface area contributed by atoms with E-state index in [0.29, 0.717) is 6.54 Å². The molecule has 0 spiro atoms. The highest BCUT2D eigenvalue weighted by Gasteiger charge is 2.13. The van der Waals surface area contributed by atoms with Gasteiger partial charge in [-0.2, -0.15) is 0 Å². The average Bonchev–Trinajstić information content (AvgIpc) is 2.34. The first-order chi connectivity index (χ1) is 8.34. The Balaban J connectivity index is 2.57. The van der Waals surface area contributed by atoms with Crippen LogP contribution in [0.15, 0.2) is 24.3 Å². The molecule has 0 unspecified atom stereocenters. The minimum Gasteiger partial charge on any atom is -0.344 e. The predicted octanol–water partition coefficient (Wildman–Crippen LogP) is 1.94. The van der Waals surface area contributed by atoms with E-state index in [1.165, 1.54) is 11.1 Å². The number of carbonyl (C=O) groups is 1. The van der Waals surface area contributed by atoms with Crippen molar-refractivity contribution in [3.8, 4) is 0 Å². The number of amides is 1. The van der Waals surface area contributed by atoms with E-state index < -0.39 is 0 Å². The molecule has 0 saturated carbocycles. The fourth-order valence-corrected chi connectivity index (χ4v) is 1.75. The Morgan fingerprint density at radius 2 is 1.78 bits per heavy atom. The molecule has 1 rings (SSSR count). The molecule has 3 heteroatoms. The zero-order valence-corrected chi connectivity index (χ0v) is 11.9. The van der Waals surface area contributed by atoms with Crippen LogP contribution in [-0.2, 0) is 16.6 Å². The molecule has 1 aromatic rings. The molecule has 2 N–H and O–H groups in total. The Hall–Kier alpha value is -1.35. The van der Waals surface area contributed by atoms with Gasteiger partial charge in [-0.15, -0.1) is 0 Å². The van der Waals surface area contributed by atoms with Gasteiger partial charge >= 0.3 is 0 Å². The minimum atomic E-state index is -0.0127. The second-order valence-electron chi connectivity index (χ2n) is 5.72. The maximum atomic E-state index is 11.3. The monoisotopic (exact) mass is 248 g/mol. The number of hydrogen-bond acceptors (Lipinski definition) is 2. The second-order valence-corrected chi connectivity index (χ2v) is 5.72. The van der Waals surface area contributed by atoms with Crippen molar-refractivity contribution in [2.24, 2.45) is 5.73 Å². The molecule has 3 nitrogen and oxygen atoms in total. The van der Waals surface area contributed by atoms with Crippen LogP contribution >= 0.6 is 0 Å². The number of nitrogens with two attached hydrogens (primary N) is 1. The normalized spacial score (nSPS) is 11.4. The van der Waals surface area contributed by atoms with Crippen LogP contribution in [0.1, 0.15) is 31.9 Å². The summed E-state index contributed by atoms with van der Waals surface area (Å²) in [5.74, 6) is -0.0127. The quantitative estimate of drug-likeness (QED) is 0.885. The Morgan fingerprint density at radius 1 is 1.22 bits per heavy atom. The topological polar surface area (TPSA) is 46.3 Å². The molecule has 0 bridgehead atoms. The van der Waals surface area contributed by atoms with Crippen molar-refractivity contribution in [2.45, 2.75) is 32.6 Å². The summed E-state index contributed by atoms with van der Waals surface area (Å²) in [5, 5.41) is 0. The van der Waals surface area contributed by atoms with Gasteiger partial charge in [-0.05, 0) is 23.0 Å². The summed E-state index contributed by atoms with van der Waals surface area (Å²) < 4.78 is 0. The highest BCUT2D eigenvalue weighted by atomic mass is 16.2. The van der Waals surface area contributed by atoms with E-state index in [-0.39, 0.29) is 17.9 Å². The van der Waals surface area contributed by atoms with Crippen LogP contribution in [0.25, 0.3) is 0 Å². The molecule has 18 heavy (non-hydrogen) atoms. The van der Waals surface area contributed by atoms with Crippen molar-refractivity contribution in [1.29, 1.82) is 0 Å². The Bertz CT molecular complexity index is 390. The van der Waals surface area contributed by atoms with Crippen LogP contribution in [-0.4, -0.2) is 30.9 Å². The van der Waals surface area contributed by atoms with Gasteiger partial charge in [0, 0.05) is 13.6 Å². The van der Waals surface area contributed by atoms with Gasteiger partial charge < -0.3 is 10.6 Å². The first kappa shape index (κ1) is 14.7. The third kappa shape index (κ3) is 4.15. The van der Waals surface area contributed by atoms with Gasteiger partial charge in [0.1, 0.15) is 0 Å². The van der Waals surface area contributed by atoms with E-state index in [1.54, 1.807) is 11.9 Å². The van der Waals surface area contributed by atoms with E-state index in [9.17, 15) is 4.79 Å². The lowest BCUT2D eigenvalue weighted by Crippen LogP contribution is -2.34. The summed E-state index contributed by atoms with van der Waals surface area (Å²) in [6.07, 6.45) is 0.868. The number of likely N-dealkylation sites (N-methyl/N-ethyl adjacent to an activating group) is 1. The van der Waals surface area contributed by atoms with Gasteiger partial charge in [0.25, 0.3) is 0 Å². The molecule has 100 valence electrons. The van der Waals surface area contributed by atoms with Gasteiger partial charge in [-0.1, -0.05) is 45.0 Å². The molecule has 0 saturated heterocycles. The van der Waals surface area contributed by atoms with Crippen molar-refractivity contribution in [1.82, 2.24) is 4.90 Å². The Morgan fingerprint density at radius 3 is 2.22 bits per heavy atom. The highest BCUT2D eigenvalue weighted by molar-refractivity contribution is 5.77. The van der Waals surface area contributed by atoms with Gasteiger partial charge in [-0.3, -0.25) is 4.79 Å². The predicted molar refractivity (Wildman–Crippen MR) is 75.5 cm³/mol. The summed E-state index contributed by atoms with van der Waals surface area (Å²) in [4.78, 5) is 13.0. The number of hydrogen-bond donors (Lipinski definition) is 1. The number of nitrogens with zero attached hydrogens (tertiary/aromatic N) is 1. The molecular weight excluding hydrogens is 224 g/mol. The first-order valence-electron chi connectivity index (χ1n) is 6.38. The van der Waals surface area contributed by atoms with Crippen LogP contribution in [0.2, 0.25) is 0 Å².